The van der Waals surface area contributed by atoms with E-state index in [9.17, 15) is 4.39 Å². The average Bonchev–Trinajstić information content (AvgIpc) is 2.64. The first-order chi connectivity index (χ1) is 7.66. The fraction of sp³-hybridized carbons (Fsp3) is 0.167. The van der Waals surface area contributed by atoms with Crippen LogP contribution in [0.3, 0.4) is 0 Å². The van der Waals surface area contributed by atoms with Gasteiger partial charge in [-0.25, -0.2) is 4.39 Å². The van der Waals surface area contributed by atoms with Crippen molar-refractivity contribution >= 4 is 27.5 Å². The molecule has 0 aliphatic heterocycles. The summed E-state index contributed by atoms with van der Waals surface area (Å²) in [7, 11) is 0. The van der Waals surface area contributed by atoms with E-state index in [2.05, 4.69) is 15.9 Å². The third-order valence-corrected chi connectivity index (χ3v) is 3.41. The highest BCUT2D eigenvalue weighted by molar-refractivity contribution is 9.09. The van der Waals surface area contributed by atoms with Crippen LogP contribution in [0, 0.1) is 5.82 Å². The number of benzene rings is 1. The van der Waals surface area contributed by atoms with E-state index in [0.717, 1.165) is 11.1 Å². The van der Waals surface area contributed by atoms with Crippen LogP contribution in [-0.4, -0.2) is 0 Å². The van der Waals surface area contributed by atoms with Gasteiger partial charge in [-0.05, 0) is 41.8 Å². The lowest BCUT2D eigenvalue weighted by molar-refractivity contribution is 0.565. The van der Waals surface area contributed by atoms with Crippen LogP contribution in [0.5, 0.6) is 0 Å². The van der Waals surface area contributed by atoms with E-state index in [1.165, 1.54) is 18.4 Å². The van der Waals surface area contributed by atoms with Gasteiger partial charge in [-0.15, -0.1) is 0 Å². The molecule has 4 heteroatoms. The van der Waals surface area contributed by atoms with E-state index in [-0.39, 0.29) is 10.6 Å². The van der Waals surface area contributed by atoms with Gasteiger partial charge >= 0.3 is 0 Å². The van der Waals surface area contributed by atoms with Crippen molar-refractivity contribution in [1.29, 1.82) is 0 Å². The molecule has 1 unspecified atom stereocenters. The van der Waals surface area contributed by atoms with E-state index >= 15 is 0 Å². The molecule has 0 bridgehead atoms. The number of hydrogen-bond donors (Lipinski definition) is 0. The Hall–Kier alpha value is -0.800. The highest BCUT2D eigenvalue weighted by atomic mass is 79.9. The molecule has 0 aliphatic rings. The lowest BCUT2D eigenvalue weighted by Gasteiger charge is -2.08. The number of hydrogen-bond acceptors (Lipinski definition) is 1. The standard InChI is InChI=1S/C12H9BrClFO/c13-11(10-4-5-16-12(10)14)7-8-2-1-3-9(15)6-8/h1-6,11H,7H2. The zero-order chi connectivity index (χ0) is 11.5. The van der Waals surface area contributed by atoms with Crippen molar-refractivity contribution in [3.63, 3.8) is 0 Å². The van der Waals surface area contributed by atoms with Crippen LogP contribution in [0.25, 0.3) is 0 Å². The van der Waals surface area contributed by atoms with Gasteiger partial charge in [0.1, 0.15) is 5.82 Å². The molecule has 2 rings (SSSR count). The minimum atomic E-state index is -0.226. The molecular formula is C12H9BrClFO. The SMILES string of the molecule is Fc1cccc(CC(Br)c2ccoc2Cl)c1. The van der Waals surface area contributed by atoms with Crippen LogP contribution < -0.4 is 0 Å². The number of alkyl halides is 1. The van der Waals surface area contributed by atoms with Crippen molar-refractivity contribution in [3.8, 4) is 0 Å². The normalized spacial score (nSPS) is 12.7. The largest absolute Gasteiger partial charge is 0.453 e. The Bertz CT molecular complexity index is 483. The highest BCUT2D eigenvalue weighted by Gasteiger charge is 2.14. The molecule has 1 aromatic carbocycles. The zero-order valence-corrected chi connectivity index (χ0v) is 10.6. The molecule has 0 N–H and O–H groups in total. The van der Waals surface area contributed by atoms with Crippen LogP contribution in [-0.2, 0) is 6.42 Å². The highest BCUT2D eigenvalue weighted by Crippen LogP contribution is 2.32. The van der Waals surface area contributed by atoms with Crippen molar-refractivity contribution in [2.75, 3.05) is 0 Å². The topological polar surface area (TPSA) is 13.1 Å². The molecule has 2 aromatic rings. The Morgan fingerprint density at radius 3 is 2.81 bits per heavy atom. The number of halogens is 3. The quantitative estimate of drug-likeness (QED) is 0.746. The fourth-order valence-electron chi connectivity index (χ4n) is 1.51. The summed E-state index contributed by atoms with van der Waals surface area (Å²) in [6, 6.07) is 8.33. The Kier molecular flexibility index (Phi) is 3.66. The van der Waals surface area contributed by atoms with Gasteiger partial charge in [0.05, 0.1) is 6.26 Å². The van der Waals surface area contributed by atoms with E-state index in [4.69, 9.17) is 16.0 Å². The molecule has 16 heavy (non-hydrogen) atoms. The summed E-state index contributed by atoms with van der Waals surface area (Å²) in [5.74, 6) is -0.226. The summed E-state index contributed by atoms with van der Waals surface area (Å²) in [6.45, 7) is 0. The summed E-state index contributed by atoms with van der Waals surface area (Å²) in [5.41, 5.74) is 1.80. The second-order valence-electron chi connectivity index (χ2n) is 3.45. The molecule has 1 nitrogen and oxygen atoms in total. The van der Waals surface area contributed by atoms with Crippen LogP contribution in [0.1, 0.15) is 16.0 Å². The number of furan rings is 1. The first kappa shape index (κ1) is 11.7. The lowest BCUT2D eigenvalue weighted by atomic mass is 10.1. The van der Waals surface area contributed by atoms with Crippen LogP contribution in [0.15, 0.2) is 41.0 Å². The van der Waals surface area contributed by atoms with Gasteiger partial charge < -0.3 is 4.42 Å². The van der Waals surface area contributed by atoms with E-state index in [1.807, 2.05) is 6.07 Å². The predicted octanol–water partition coefficient (Wildman–Crippen LogP) is 4.75. The van der Waals surface area contributed by atoms with Gasteiger partial charge in [0.2, 0.25) is 0 Å². The zero-order valence-electron chi connectivity index (χ0n) is 8.29. The molecular weight excluding hydrogens is 294 g/mol. The molecule has 84 valence electrons. The molecule has 0 amide bonds. The summed E-state index contributed by atoms with van der Waals surface area (Å²) in [4.78, 5) is 0.0283. The van der Waals surface area contributed by atoms with Crippen molar-refractivity contribution in [1.82, 2.24) is 0 Å². The maximum Gasteiger partial charge on any atom is 0.197 e. The Labute approximate surface area is 106 Å². The van der Waals surface area contributed by atoms with Gasteiger partial charge in [0.15, 0.2) is 5.22 Å². The monoisotopic (exact) mass is 302 g/mol. The second-order valence-corrected chi connectivity index (χ2v) is 4.90. The lowest BCUT2D eigenvalue weighted by Crippen LogP contribution is -1.95. The summed E-state index contributed by atoms with van der Waals surface area (Å²) in [6.07, 6.45) is 2.20. The molecule has 0 spiro atoms. The Morgan fingerprint density at radius 2 is 2.19 bits per heavy atom. The summed E-state index contributed by atoms with van der Waals surface area (Å²) in [5, 5.41) is 0.373. The average molecular weight is 304 g/mol. The Balaban J connectivity index is 2.14. The van der Waals surface area contributed by atoms with Crippen molar-refractivity contribution in [3.05, 3.63) is 58.8 Å². The van der Waals surface area contributed by atoms with Gasteiger partial charge in [0, 0.05) is 10.4 Å². The third kappa shape index (κ3) is 2.66. The molecule has 0 saturated heterocycles. The van der Waals surface area contributed by atoms with Gasteiger partial charge in [-0.1, -0.05) is 28.1 Å². The minimum Gasteiger partial charge on any atom is -0.453 e. The van der Waals surface area contributed by atoms with Crippen molar-refractivity contribution < 1.29 is 8.81 Å². The van der Waals surface area contributed by atoms with Gasteiger partial charge in [-0.3, -0.25) is 0 Å². The predicted molar refractivity (Wildman–Crippen MR) is 65.5 cm³/mol. The van der Waals surface area contributed by atoms with Gasteiger partial charge in [-0.2, -0.15) is 0 Å². The van der Waals surface area contributed by atoms with Gasteiger partial charge in [0.25, 0.3) is 0 Å². The molecule has 0 saturated carbocycles. The fourth-order valence-corrected chi connectivity index (χ4v) is 2.62. The van der Waals surface area contributed by atoms with Crippen molar-refractivity contribution in [2.45, 2.75) is 11.2 Å². The molecule has 0 radical (unpaired) electrons. The molecule has 1 heterocycles. The van der Waals surface area contributed by atoms with E-state index in [1.54, 1.807) is 12.1 Å². The van der Waals surface area contributed by atoms with Crippen LogP contribution in [0.2, 0.25) is 5.22 Å². The van der Waals surface area contributed by atoms with Crippen molar-refractivity contribution in [2.24, 2.45) is 0 Å². The first-order valence-electron chi connectivity index (χ1n) is 4.78. The second kappa shape index (κ2) is 5.02. The molecule has 1 aromatic heterocycles. The molecule has 0 aliphatic carbocycles. The van der Waals surface area contributed by atoms with E-state index in [0.29, 0.717) is 11.6 Å². The third-order valence-electron chi connectivity index (χ3n) is 2.29. The summed E-state index contributed by atoms with van der Waals surface area (Å²) >= 11 is 9.37. The Morgan fingerprint density at radius 1 is 1.38 bits per heavy atom. The first-order valence-corrected chi connectivity index (χ1v) is 6.07. The maximum absolute atomic E-state index is 13.0. The smallest absolute Gasteiger partial charge is 0.197 e. The minimum absolute atomic E-state index is 0.0283. The molecule has 0 fully saturated rings. The number of rotatable bonds is 3. The van der Waals surface area contributed by atoms with E-state index < -0.39 is 0 Å². The van der Waals surface area contributed by atoms with Crippen LogP contribution in [0.4, 0.5) is 4.39 Å². The summed E-state index contributed by atoms with van der Waals surface area (Å²) < 4.78 is 18.0. The molecule has 1 atom stereocenters. The maximum atomic E-state index is 13.0. The van der Waals surface area contributed by atoms with Crippen LogP contribution >= 0.6 is 27.5 Å².